The minimum atomic E-state index is -0.802. The molecular weight excluding hydrogens is 356 g/mol. The van der Waals surface area contributed by atoms with Gasteiger partial charge in [0.25, 0.3) is 0 Å². The third-order valence-corrected chi connectivity index (χ3v) is 4.26. The van der Waals surface area contributed by atoms with Crippen LogP contribution in [0.3, 0.4) is 0 Å². The highest BCUT2D eigenvalue weighted by molar-refractivity contribution is 6.39. The standard InChI is InChI=1S/C21H20N4O3/c1-14(15-7-4-3-5-8-15)23-20(27)21(28)24-17-10-6-9-16(13-17)18(26)19-22-11-12-25(19)2/h3-14H,1-2H3,(H,23,27)(H,24,28). The molecule has 0 fully saturated rings. The summed E-state index contributed by atoms with van der Waals surface area (Å²) in [6.45, 7) is 1.80. The predicted octanol–water partition coefficient (Wildman–Crippen LogP) is 2.47. The average Bonchev–Trinajstić information content (AvgIpc) is 3.14. The lowest BCUT2D eigenvalue weighted by atomic mass is 10.1. The smallest absolute Gasteiger partial charge is 0.313 e. The average molecular weight is 376 g/mol. The third-order valence-electron chi connectivity index (χ3n) is 4.26. The molecule has 3 aromatic rings. The first-order chi connectivity index (χ1) is 13.5. The van der Waals surface area contributed by atoms with E-state index >= 15 is 0 Å². The lowest BCUT2D eigenvalue weighted by Crippen LogP contribution is -2.36. The Balaban J connectivity index is 1.66. The van der Waals surface area contributed by atoms with Gasteiger partial charge >= 0.3 is 11.8 Å². The number of hydrogen-bond donors (Lipinski definition) is 2. The summed E-state index contributed by atoms with van der Waals surface area (Å²) in [7, 11) is 1.73. The van der Waals surface area contributed by atoms with Crippen LogP contribution in [0.15, 0.2) is 67.0 Å². The molecule has 2 amide bonds. The second kappa shape index (κ2) is 8.30. The van der Waals surface area contributed by atoms with Crippen molar-refractivity contribution in [1.82, 2.24) is 14.9 Å². The molecule has 0 bridgehead atoms. The van der Waals surface area contributed by atoms with Gasteiger partial charge in [-0.15, -0.1) is 0 Å². The maximum absolute atomic E-state index is 12.5. The van der Waals surface area contributed by atoms with Gasteiger partial charge in [0.1, 0.15) is 0 Å². The van der Waals surface area contributed by atoms with E-state index in [1.165, 1.54) is 12.3 Å². The van der Waals surface area contributed by atoms with Crippen LogP contribution in [-0.2, 0) is 16.6 Å². The van der Waals surface area contributed by atoms with Crippen molar-refractivity contribution >= 4 is 23.3 Å². The van der Waals surface area contributed by atoms with Crippen LogP contribution in [0.1, 0.15) is 34.7 Å². The molecule has 3 rings (SSSR count). The summed E-state index contributed by atoms with van der Waals surface area (Å²) >= 11 is 0. The van der Waals surface area contributed by atoms with Gasteiger partial charge in [0, 0.05) is 30.7 Å². The molecule has 142 valence electrons. The molecule has 0 radical (unpaired) electrons. The van der Waals surface area contributed by atoms with Gasteiger partial charge in [-0.25, -0.2) is 4.98 Å². The highest BCUT2D eigenvalue weighted by atomic mass is 16.2. The predicted molar refractivity (Wildman–Crippen MR) is 105 cm³/mol. The van der Waals surface area contributed by atoms with E-state index in [2.05, 4.69) is 15.6 Å². The lowest BCUT2D eigenvalue weighted by molar-refractivity contribution is -0.136. The summed E-state index contributed by atoms with van der Waals surface area (Å²) in [6, 6.07) is 15.4. The summed E-state index contributed by atoms with van der Waals surface area (Å²) in [5.74, 6) is -1.54. The van der Waals surface area contributed by atoms with Gasteiger partial charge in [-0.3, -0.25) is 14.4 Å². The number of aryl methyl sites for hydroxylation is 1. The topological polar surface area (TPSA) is 93.1 Å². The van der Waals surface area contributed by atoms with Crippen molar-refractivity contribution in [2.24, 2.45) is 7.05 Å². The number of imidazole rings is 1. The van der Waals surface area contributed by atoms with Crippen LogP contribution in [0.2, 0.25) is 0 Å². The molecule has 2 N–H and O–H groups in total. The van der Waals surface area contributed by atoms with Crippen molar-refractivity contribution in [3.05, 3.63) is 83.9 Å². The number of rotatable bonds is 5. The molecule has 0 saturated heterocycles. The van der Waals surface area contributed by atoms with Crippen molar-refractivity contribution in [3.63, 3.8) is 0 Å². The van der Waals surface area contributed by atoms with Gasteiger partial charge in [-0.05, 0) is 24.6 Å². The Morgan fingerprint density at radius 3 is 2.43 bits per heavy atom. The zero-order valence-corrected chi connectivity index (χ0v) is 15.5. The fraction of sp³-hybridized carbons (Fsp3) is 0.143. The van der Waals surface area contributed by atoms with Gasteiger partial charge in [0.2, 0.25) is 5.78 Å². The fourth-order valence-electron chi connectivity index (χ4n) is 2.73. The van der Waals surface area contributed by atoms with Crippen LogP contribution in [0.25, 0.3) is 0 Å². The largest absolute Gasteiger partial charge is 0.341 e. The molecule has 1 aromatic heterocycles. The SMILES string of the molecule is CC(NC(=O)C(=O)Nc1cccc(C(=O)c2nccn2C)c1)c1ccccc1. The van der Waals surface area contributed by atoms with E-state index in [0.29, 0.717) is 11.3 Å². The highest BCUT2D eigenvalue weighted by Gasteiger charge is 2.18. The monoisotopic (exact) mass is 376 g/mol. The number of anilines is 1. The third kappa shape index (κ3) is 4.32. The summed E-state index contributed by atoms with van der Waals surface area (Å²) in [5.41, 5.74) is 1.61. The minimum absolute atomic E-state index is 0.272. The van der Waals surface area contributed by atoms with Crippen molar-refractivity contribution in [1.29, 1.82) is 0 Å². The molecule has 0 aliphatic carbocycles. The van der Waals surface area contributed by atoms with E-state index in [9.17, 15) is 14.4 Å². The zero-order valence-electron chi connectivity index (χ0n) is 15.5. The van der Waals surface area contributed by atoms with Crippen LogP contribution in [0, 0.1) is 0 Å². The maximum atomic E-state index is 12.5. The number of nitrogens with one attached hydrogen (secondary N) is 2. The molecule has 0 saturated carbocycles. The molecular formula is C21H20N4O3. The van der Waals surface area contributed by atoms with Crippen LogP contribution < -0.4 is 10.6 Å². The number of benzene rings is 2. The normalized spacial score (nSPS) is 11.5. The number of nitrogens with zero attached hydrogens (tertiary/aromatic N) is 2. The van der Waals surface area contributed by atoms with Gasteiger partial charge < -0.3 is 15.2 Å². The number of ketones is 1. The van der Waals surface area contributed by atoms with Crippen LogP contribution in [0.4, 0.5) is 5.69 Å². The Morgan fingerprint density at radius 2 is 1.75 bits per heavy atom. The lowest BCUT2D eigenvalue weighted by Gasteiger charge is -2.14. The number of aromatic nitrogens is 2. The van der Waals surface area contributed by atoms with Crippen molar-refractivity contribution in [2.45, 2.75) is 13.0 Å². The second-order valence-corrected chi connectivity index (χ2v) is 6.33. The summed E-state index contributed by atoms with van der Waals surface area (Å²) in [5, 5.41) is 5.18. The number of hydrogen-bond acceptors (Lipinski definition) is 4. The molecule has 1 unspecified atom stereocenters. The first kappa shape index (κ1) is 19.0. The van der Waals surface area contributed by atoms with Gasteiger partial charge in [-0.1, -0.05) is 42.5 Å². The molecule has 0 aliphatic rings. The zero-order chi connectivity index (χ0) is 20.1. The van der Waals surface area contributed by atoms with E-state index in [-0.39, 0.29) is 17.6 Å². The summed E-state index contributed by atoms with van der Waals surface area (Å²) in [4.78, 5) is 41.0. The van der Waals surface area contributed by atoms with E-state index < -0.39 is 11.8 Å². The fourth-order valence-corrected chi connectivity index (χ4v) is 2.73. The number of carbonyl (C=O) groups excluding carboxylic acids is 3. The molecule has 1 heterocycles. The van der Waals surface area contributed by atoms with E-state index in [1.807, 2.05) is 30.3 Å². The van der Waals surface area contributed by atoms with Crippen LogP contribution in [0.5, 0.6) is 0 Å². The first-order valence-corrected chi connectivity index (χ1v) is 8.74. The molecule has 0 aliphatic heterocycles. The molecule has 1 atom stereocenters. The van der Waals surface area contributed by atoms with E-state index in [0.717, 1.165) is 5.56 Å². The molecule has 7 nitrogen and oxygen atoms in total. The van der Waals surface area contributed by atoms with Crippen LogP contribution >= 0.6 is 0 Å². The minimum Gasteiger partial charge on any atom is -0.341 e. The summed E-state index contributed by atoms with van der Waals surface area (Å²) in [6.07, 6.45) is 3.22. The maximum Gasteiger partial charge on any atom is 0.313 e. The van der Waals surface area contributed by atoms with E-state index in [1.54, 1.807) is 42.9 Å². The quantitative estimate of drug-likeness (QED) is 0.528. The Morgan fingerprint density at radius 1 is 1.00 bits per heavy atom. The van der Waals surface area contributed by atoms with Crippen molar-refractivity contribution < 1.29 is 14.4 Å². The summed E-state index contributed by atoms with van der Waals surface area (Å²) < 4.78 is 1.62. The van der Waals surface area contributed by atoms with Gasteiger partial charge in [0.05, 0.1) is 6.04 Å². The number of amides is 2. The highest BCUT2D eigenvalue weighted by Crippen LogP contribution is 2.15. The van der Waals surface area contributed by atoms with Gasteiger partial charge in [0.15, 0.2) is 5.82 Å². The number of carbonyl (C=O) groups is 3. The Labute approximate surface area is 162 Å². The Bertz CT molecular complexity index is 1010. The van der Waals surface area contributed by atoms with E-state index in [4.69, 9.17) is 0 Å². The van der Waals surface area contributed by atoms with Gasteiger partial charge in [-0.2, -0.15) is 0 Å². The molecule has 28 heavy (non-hydrogen) atoms. The second-order valence-electron chi connectivity index (χ2n) is 6.33. The first-order valence-electron chi connectivity index (χ1n) is 8.74. The molecule has 2 aromatic carbocycles. The molecule has 7 heteroatoms. The van der Waals surface area contributed by atoms with Crippen molar-refractivity contribution in [2.75, 3.05) is 5.32 Å². The Hall–Kier alpha value is -3.74. The van der Waals surface area contributed by atoms with Crippen LogP contribution in [-0.4, -0.2) is 27.1 Å². The molecule has 0 spiro atoms. The Kier molecular flexibility index (Phi) is 5.64. The van der Waals surface area contributed by atoms with Crippen molar-refractivity contribution in [3.8, 4) is 0 Å².